The Morgan fingerprint density at radius 1 is 1.14 bits per heavy atom. The van der Waals surface area contributed by atoms with Crippen LogP contribution in [0.25, 0.3) is 16.6 Å². The fourth-order valence-electron chi connectivity index (χ4n) is 4.74. The number of carbonyl (C=O) groups is 1. The number of anilines is 1. The number of carbonyl (C=O) groups excluding carboxylic acids is 1. The number of allylic oxidation sites excluding steroid dienone is 1. The summed E-state index contributed by atoms with van der Waals surface area (Å²) in [6.07, 6.45) is 6.64. The van der Waals surface area contributed by atoms with Crippen molar-refractivity contribution >= 4 is 28.2 Å². The minimum atomic E-state index is 0.0918. The Morgan fingerprint density at radius 2 is 1.96 bits per heavy atom. The van der Waals surface area contributed by atoms with Crippen LogP contribution < -0.4 is 4.90 Å². The summed E-state index contributed by atoms with van der Waals surface area (Å²) in [5.41, 5.74) is 5.03. The second-order valence-corrected chi connectivity index (χ2v) is 8.38. The summed E-state index contributed by atoms with van der Waals surface area (Å²) < 4.78 is 5.04. The molecule has 1 aromatic heterocycles. The molecule has 7 nitrogen and oxygen atoms in total. The zero-order valence-electron chi connectivity index (χ0n) is 16.4. The van der Waals surface area contributed by atoms with Gasteiger partial charge in [-0.05, 0) is 72.4 Å². The van der Waals surface area contributed by atoms with Crippen LogP contribution in [0.2, 0.25) is 0 Å². The molecule has 0 unspecified atom stereocenters. The Morgan fingerprint density at radius 3 is 2.75 bits per heavy atom. The molecule has 4 heterocycles. The van der Waals surface area contributed by atoms with E-state index in [-0.39, 0.29) is 5.91 Å². The summed E-state index contributed by atoms with van der Waals surface area (Å²) in [5.74, 6) is 0.813. The molecule has 0 bridgehead atoms. The quantitative estimate of drug-likeness (QED) is 0.811. The first kappa shape index (κ1) is 17.7. The largest absolute Gasteiger partial charge is 0.369 e. The van der Waals surface area contributed by atoms with E-state index >= 15 is 0 Å². The molecule has 7 heteroatoms. The number of benzene rings is 1. The SMILES string of the molecule is CC(=O)N1C=C(c2cc(N3CC(CN4CCCC4)C3)c3nonc3c2)CCC1. The van der Waals surface area contributed by atoms with Crippen molar-refractivity contribution in [1.82, 2.24) is 20.1 Å². The van der Waals surface area contributed by atoms with Crippen LogP contribution in [-0.4, -0.2) is 65.3 Å². The van der Waals surface area contributed by atoms with Gasteiger partial charge in [-0.3, -0.25) is 4.79 Å². The highest BCUT2D eigenvalue weighted by Crippen LogP contribution is 2.36. The van der Waals surface area contributed by atoms with Crippen molar-refractivity contribution in [3.8, 4) is 0 Å². The van der Waals surface area contributed by atoms with Gasteiger partial charge in [0.05, 0.1) is 5.69 Å². The third-order valence-electron chi connectivity index (χ3n) is 6.29. The Labute approximate surface area is 164 Å². The Balaban J connectivity index is 1.39. The second kappa shape index (κ2) is 7.20. The molecule has 5 rings (SSSR count). The number of hydrogen-bond donors (Lipinski definition) is 0. The average molecular weight is 381 g/mol. The monoisotopic (exact) mass is 381 g/mol. The fourth-order valence-corrected chi connectivity index (χ4v) is 4.74. The van der Waals surface area contributed by atoms with E-state index in [1.54, 1.807) is 11.8 Å². The van der Waals surface area contributed by atoms with Gasteiger partial charge in [-0.1, -0.05) is 0 Å². The highest BCUT2D eigenvalue weighted by Gasteiger charge is 2.31. The van der Waals surface area contributed by atoms with Crippen molar-refractivity contribution in [2.75, 3.05) is 44.2 Å². The Bertz CT molecular complexity index is 909. The van der Waals surface area contributed by atoms with Crippen LogP contribution in [0, 0.1) is 5.92 Å². The molecule has 0 saturated carbocycles. The van der Waals surface area contributed by atoms with E-state index in [4.69, 9.17) is 4.63 Å². The molecule has 0 aliphatic carbocycles. The van der Waals surface area contributed by atoms with Crippen molar-refractivity contribution in [2.45, 2.75) is 32.6 Å². The first-order chi connectivity index (χ1) is 13.7. The molecule has 1 aromatic carbocycles. The van der Waals surface area contributed by atoms with Crippen LogP contribution in [0.5, 0.6) is 0 Å². The van der Waals surface area contributed by atoms with Gasteiger partial charge in [-0.25, -0.2) is 4.63 Å². The van der Waals surface area contributed by atoms with Crippen molar-refractivity contribution in [2.24, 2.45) is 5.92 Å². The minimum Gasteiger partial charge on any atom is -0.369 e. The normalized spacial score (nSPS) is 21.2. The first-order valence-corrected chi connectivity index (χ1v) is 10.4. The highest BCUT2D eigenvalue weighted by atomic mass is 16.6. The maximum absolute atomic E-state index is 11.8. The van der Waals surface area contributed by atoms with Gasteiger partial charge in [0.2, 0.25) is 5.91 Å². The lowest BCUT2D eigenvalue weighted by atomic mass is 9.95. The molecule has 3 aliphatic heterocycles. The molecule has 2 aromatic rings. The predicted octanol–water partition coefficient (Wildman–Crippen LogP) is 2.74. The topological polar surface area (TPSA) is 65.7 Å². The zero-order chi connectivity index (χ0) is 19.1. The predicted molar refractivity (Wildman–Crippen MR) is 108 cm³/mol. The highest BCUT2D eigenvalue weighted by molar-refractivity contribution is 5.92. The zero-order valence-corrected chi connectivity index (χ0v) is 16.4. The minimum absolute atomic E-state index is 0.0918. The fraction of sp³-hybridized carbons (Fsp3) is 0.571. The standard InChI is InChI=1S/C21H27N5O2/c1-15(27)25-8-4-5-17(14-25)18-9-19-21(23-28-22-19)20(10-18)26-12-16(13-26)11-24-6-2-3-7-24/h9-10,14,16H,2-8,11-13H2,1H3. The van der Waals surface area contributed by atoms with E-state index in [1.165, 1.54) is 38.0 Å². The number of rotatable bonds is 4. The van der Waals surface area contributed by atoms with E-state index in [0.29, 0.717) is 0 Å². The molecule has 3 aliphatic rings. The van der Waals surface area contributed by atoms with Crippen LogP contribution >= 0.6 is 0 Å². The molecule has 1 amide bonds. The number of fused-ring (bicyclic) bond motifs is 1. The van der Waals surface area contributed by atoms with Crippen LogP contribution in [0.1, 0.15) is 38.2 Å². The van der Waals surface area contributed by atoms with Gasteiger partial charge in [-0.2, -0.15) is 0 Å². The summed E-state index contributed by atoms with van der Waals surface area (Å²) in [6.45, 7) is 8.24. The van der Waals surface area contributed by atoms with Crippen LogP contribution in [0.15, 0.2) is 23.0 Å². The molecule has 0 N–H and O–H groups in total. The first-order valence-electron chi connectivity index (χ1n) is 10.4. The lowest BCUT2D eigenvalue weighted by molar-refractivity contribution is -0.126. The second-order valence-electron chi connectivity index (χ2n) is 8.38. The van der Waals surface area contributed by atoms with Gasteiger partial charge in [0.25, 0.3) is 0 Å². The van der Waals surface area contributed by atoms with Gasteiger partial charge < -0.3 is 14.7 Å². The summed E-state index contributed by atoms with van der Waals surface area (Å²) in [6, 6.07) is 4.24. The molecule has 0 spiro atoms. The molecular formula is C21H27N5O2. The van der Waals surface area contributed by atoms with Crippen LogP contribution in [0.4, 0.5) is 5.69 Å². The van der Waals surface area contributed by atoms with E-state index in [9.17, 15) is 4.79 Å². The van der Waals surface area contributed by atoms with Crippen LogP contribution in [0.3, 0.4) is 0 Å². The Hall–Kier alpha value is -2.41. The average Bonchev–Trinajstić information content (AvgIpc) is 3.35. The van der Waals surface area contributed by atoms with Gasteiger partial charge in [0.1, 0.15) is 5.52 Å². The molecule has 148 valence electrons. The molecule has 28 heavy (non-hydrogen) atoms. The third kappa shape index (κ3) is 3.28. The summed E-state index contributed by atoms with van der Waals surface area (Å²) in [4.78, 5) is 18.6. The Kier molecular flexibility index (Phi) is 4.55. The number of nitrogens with zero attached hydrogens (tertiary/aromatic N) is 5. The van der Waals surface area contributed by atoms with Gasteiger partial charge in [0, 0.05) is 45.2 Å². The molecular weight excluding hydrogens is 354 g/mol. The number of amides is 1. The van der Waals surface area contributed by atoms with Gasteiger partial charge >= 0.3 is 0 Å². The number of hydrogen-bond acceptors (Lipinski definition) is 6. The summed E-state index contributed by atoms with van der Waals surface area (Å²) in [5, 5.41) is 8.26. The van der Waals surface area contributed by atoms with Crippen molar-refractivity contribution in [3.05, 3.63) is 23.9 Å². The third-order valence-corrected chi connectivity index (χ3v) is 6.29. The van der Waals surface area contributed by atoms with Crippen LogP contribution in [-0.2, 0) is 4.79 Å². The lowest BCUT2D eigenvalue weighted by Crippen LogP contribution is -2.51. The van der Waals surface area contributed by atoms with Crippen molar-refractivity contribution in [3.63, 3.8) is 0 Å². The van der Waals surface area contributed by atoms with E-state index in [1.807, 2.05) is 12.3 Å². The molecule has 2 fully saturated rings. The molecule has 0 radical (unpaired) electrons. The lowest BCUT2D eigenvalue weighted by Gasteiger charge is -2.42. The number of aromatic nitrogens is 2. The maximum Gasteiger partial charge on any atom is 0.223 e. The summed E-state index contributed by atoms with van der Waals surface area (Å²) >= 11 is 0. The molecule has 0 atom stereocenters. The van der Waals surface area contributed by atoms with Crippen molar-refractivity contribution in [1.29, 1.82) is 0 Å². The van der Waals surface area contributed by atoms with E-state index in [0.717, 1.165) is 60.7 Å². The van der Waals surface area contributed by atoms with E-state index < -0.39 is 0 Å². The van der Waals surface area contributed by atoms with Gasteiger partial charge in [-0.15, -0.1) is 0 Å². The molecule has 2 saturated heterocycles. The van der Waals surface area contributed by atoms with E-state index in [2.05, 4.69) is 26.2 Å². The van der Waals surface area contributed by atoms with Gasteiger partial charge in [0.15, 0.2) is 5.52 Å². The maximum atomic E-state index is 11.8. The van der Waals surface area contributed by atoms with Crippen molar-refractivity contribution < 1.29 is 9.42 Å². The number of likely N-dealkylation sites (tertiary alicyclic amines) is 1. The summed E-state index contributed by atoms with van der Waals surface area (Å²) in [7, 11) is 0. The smallest absolute Gasteiger partial charge is 0.223 e.